The normalized spacial score (nSPS) is 12.6. The van der Waals surface area contributed by atoms with E-state index >= 15 is 0 Å². The van der Waals surface area contributed by atoms with Crippen LogP contribution >= 0.6 is 0 Å². The van der Waals surface area contributed by atoms with Crippen molar-refractivity contribution in [3.63, 3.8) is 0 Å². The summed E-state index contributed by atoms with van der Waals surface area (Å²) in [7, 11) is 0. The van der Waals surface area contributed by atoms with Crippen molar-refractivity contribution in [2.75, 3.05) is 6.54 Å². The van der Waals surface area contributed by atoms with Crippen LogP contribution in [-0.4, -0.2) is 28.7 Å². The Kier molecular flexibility index (Phi) is 8.00. The number of nitrogens with one attached hydrogen (secondary N) is 2. The number of aromatic hydroxyl groups is 1. The fraction of sp³-hybridized carbons (Fsp3) is 0.231. The van der Waals surface area contributed by atoms with Gasteiger partial charge in [0.05, 0.1) is 11.5 Å². The number of rotatable bonds is 9. The lowest BCUT2D eigenvalue weighted by atomic mass is 9.88. The lowest BCUT2D eigenvalue weighted by Crippen LogP contribution is -2.27. The monoisotopic (exact) mass is 432 g/mol. The molecule has 3 aromatic rings. The number of hydrogen-bond acceptors (Lipinski definition) is 4. The summed E-state index contributed by atoms with van der Waals surface area (Å²) in [5, 5.41) is 21.9. The molecule has 0 bridgehead atoms. The first-order valence-electron chi connectivity index (χ1n) is 10.6. The van der Waals surface area contributed by atoms with Crippen molar-refractivity contribution in [1.82, 2.24) is 10.8 Å². The molecular formula is C26H28N2O4. The van der Waals surface area contributed by atoms with E-state index in [9.17, 15) is 19.9 Å². The number of carbonyl (C=O) groups excluding carboxylic acids is 2. The molecule has 0 saturated carbocycles. The first-order chi connectivity index (χ1) is 15.5. The molecule has 2 atom stereocenters. The van der Waals surface area contributed by atoms with Gasteiger partial charge in [-0.25, -0.2) is 5.48 Å². The van der Waals surface area contributed by atoms with E-state index < -0.39 is 11.8 Å². The van der Waals surface area contributed by atoms with Crippen LogP contribution in [0.15, 0.2) is 78.9 Å². The van der Waals surface area contributed by atoms with Gasteiger partial charge in [0.15, 0.2) is 0 Å². The Morgan fingerprint density at radius 2 is 1.59 bits per heavy atom. The average molecular weight is 433 g/mol. The molecule has 0 saturated heterocycles. The van der Waals surface area contributed by atoms with Crippen LogP contribution in [0.25, 0.3) is 0 Å². The largest absolute Gasteiger partial charge is 0.507 e. The number of hydrogen-bond donors (Lipinski definition) is 4. The van der Waals surface area contributed by atoms with Crippen molar-refractivity contribution < 1.29 is 19.9 Å². The molecule has 0 aliphatic heterocycles. The van der Waals surface area contributed by atoms with E-state index in [-0.39, 0.29) is 23.1 Å². The highest BCUT2D eigenvalue weighted by atomic mass is 16.5. The van der Waals surface area contributed by atoms with Crippen LogP contribution < -0.4 is 10.8 Å². The van der Waals surface area contributed by atoms with E-state index in [0.717, 1.165) is 29.5 Å². The van der Waals surface area contributed by atoms with E-state index in [2.05, 4.69) is 12.2 Å². The molecule has 4 N–H and O–H groups in total. The molecule has 0 spiro atoms. The molecule has 2 amide bonds. The number of hydroxylamine groups is 1. The number of carbonyl (C=O) groups is 2. The van der Waals surface area contributed by atoms with Crippen LogP contribution in [0.2, 0.25) is 0 Å². The molecule has 0 fully saturated rings. The third kappa shape index (κ3) is 5.95. The molecular weight excluding hydrogens is 404 g/mol. The van der Waals surface area contributed by atoms with E-state index in [0.29, 0.717) is 6.54 Å². The summed E-state index contributed by atoms with van der Waals surface area (Å²) in [4.78, 5) is 24.6. The fourth-order valence-corrected chi connectivity index (χ4v) is 3.80. The van der Waals surface area contributed by atoms with Gasteiger partial charge in [-0.05, 0) is 47.6 Å². The first-order valence-corrected chi connectivity index (χ1v) is 10.6. The van der Waals surface area contributed by atoms with Gasteiger partial charge in [-0.1, -0.05) is 73.7 Å². The number of benzene rings is 3. The number of phenolic OH excluding ortho intramolecular Hbond substituents is 1. The quantitative estimate of drug-likeness (QED) is 0.303. The Morgan fingerprint density at radius 1 is 0.906 bits per heavy atom. The van der Waals surface area contributed by atoms with E-state index in [4.69, 9.17) is 0 Å². The summed E-state index contributed by atoms with van der Waals surface area (Å²) in [6, 6.07) is 23.6. The topological polar surface area (TPSA) is 98.7 Å². The molecule has 6 nitrogen and oxygen atoms in total. The Morgan fingerprint density at radius 3 is 2.31 bits per heavy atom. The molecule has 0 aliphatic rings. The van der Waals surface area contributed by atoms with Gasteiger partial charge in [0.25, 0.3) is 11.8 Å². The van der Waals surface area contributed by atoms with E-state index in [1.807, 2.05) is 54.6 Å². The van der Waals surface area contributed by atoms with Crippen molar-refractivity contribution in [3.05, 3.63) is 101 Å². The van der Waals surface area contributed by atoms with Gasteiger partial charge in [-0.2, -0.15) is 0 Å². The standard InChI is InChI=1S/C26H28N2O4/c1-18(14-15-27-25(30)22-12-5-6-13-23(22)29)16-19-8-7-11-21(17-19)24(26(31)28-32)20-9-3-2-4-10-20/h2-13,17-18,24,29,32H,14-16H2,1H3,(H,27,30)(H,28,31). The van der Waals surface area contributed by atoms with Crippen LogP contribution in [0.5, 0.6) is 5.75 Å². The lowest BCUT2D eigenvalue weighted by molar-refractivity contribution is -0.129. The number of phenols is 1. The van der Waals surface area contributed by atoms with Gasteiger partial charge in [-0.15, -0.1) is 0 Å². The first kappa shape index (κ1) is 23.0. The molecule has 0 heterocycles. The predicted molar refractivity (Wildman–Crippen MR) is 123 cm³/mol. The van der Waals surface area contributed by atoms with Gasteiger partial charge in [0.1, 0.15) is 5.75 Å². The van der Waals surface area contributed by atoms with Crippen molar-refractivity contribution in [1.29, 1.82) is 0 Å². The molecule has 3 rings (SSSR count). The van der Waals surface area contributed by atoms with E-state index in [1.54, 1.807) is 23.7 Å². The summed E-state index contributed by atoms with van der Waals surface area (Å²) in [5.74, 6) is -1.12. The zero-order chi connectivity index (χ0) is 22.9. The second-order valence-corrected chi connectivity index (χ2v) is 7.94. The second-order valence-electron chi connectivity index (χ2n) is 7.94. The van der Waals surface area contributed by atoms with Crippen LogP contribution in [0, 0.1) is 5.92 Å². The third-order valence-corrected chi connectivity index (χ3v) is 5.45. The highest BCUT2D eigenvalue weighted by Crippen LogP contribution is 2.26. The van der Waals surface area contributed by atoms with Crippen LogP contribution in [0.1, 0.15) is 46.3 Å². The predicted octanol–water partition coefficient (Wildman–Crippen LogP) is 4.03. The zero-order valence-electron chi connectivity index (χ0n) is 18.0. The Labute approximate surface area is 187 Å². The van der Waals surface area contributed by atoms with Gasteiger partial charge in [0, 0.05) is 6.54 Å². The maximum absolute atomic E-state index is 12.4. The minimum atomic E-state index is -0.603. The maximum Gasteiger partial charge on any atom is 0.255 e. The highest BCUT2D eigenvalue weighted by Gasteiger charge is 2.22. The van der Waals surface area contributed by atoms with Crippen molar-refractivity contribution >= 4 is 11.8 Å². The minimum Gasteiger partial charge on any atom is -0.507 e. The lowest BCUT2D eigenvalue weighted by Gasteiger charge is -2.18. The smallest absolute Gasteiger partial charge is 0.255 e. The summed E-state index contributed by atoms with van der Waals surface area (Å²) >= 11 is 0. The summed E-state index contributed by atoms with van der Waals surface area (Å²) in [5.41, 5.74) is 4.73. The van der Waals surface area contributed by atoms with Crippen LogP contribution in [0.3, 0.4) is 0 Å². The minimum absolute atomic E-state index is 0.0326. The molecule has 166 valence electrons. The Bertz CT molecular complexity index is 1050. The Balaban J connectivity index is 1.62. The number of amides is 2. The molecule has 0 aromatic heterocycles. The third-order valence-electron chi connectivity index (χ3n) is 5.45. The molecule has 32 heavy (non-hydrogen) atoms. The van der Waals surface area contributed by atoms with Crippen molar-refractivity contribution in [3.8, 4) is 5.75 Å². The molecule has 0 radical (unpaired) electrons. The van der Waals surface area contributed by atoms with Crippen molar-refractivity contribution in [2.45, 2.75) is 25.7 Å². The summed E-state index contributed by atoms with van der Waals surface area (Å²) in [6.07, 6.45) is 1.55. The molecule has 0 aliphatic carbocycles. The van der Waals surface area contributed by atoms with Gasteiger partial charge in [-0.3, -0.25) is 14.8 Å². The average Bonchev–Trinajstić information content (AvgIpc) is 2.80. The second kappa shape index (κ2) is 11.1. The zero-order valence-corrected chi connectivity index (χ0v) is 18.0. The fourth-order valence-electron chi connectivity index (χ4n) is 3.80. The summed E-state index contributed by atoms with van der Waals surface area (Å²) < 4.78 is 0. The molecule has 3 aromatic carbocycles. The highest BCUT2D eigenvalue weighted by molar-refractivity contribution is 5.96. The van der Waals surface area contributed by atoms with Crippen molar-refractivity contribution in [2.24, 2.45) is 5.92 Å². The van der Waals surface area contributed by atoms with Gasteiger partial charge in [0.2, 0.25) is 0 Å². The number of para-hydroxylation sites is 1. The van der Waals surface area contributed by atoms with Crippen LogP contribution in [-0.2, 0) is 11.2 Å². The SMILES string of the molecule is CC(CCNC(=O)c1ccccc1O)Cc1cccc(C(C(=O)NO)c2ccccc2)c1. The van der Waals surface area contributed by atoms with Crippen LogP contribution in [0.4, 0.5) is 0 Å². The molecule has 6 heteroatoms. The molecule has 2 unspecified atom stereocenters. The maximum atomic E-state index is 12.4. The van der Waals surface area contributed by atoms with E-state index in [1.165, 1.54) is 6.07 Å². The van der Waals surface area contributed by atoms with Gasteiger partial charge >= 0.3 is 0 Å². The summed E-state index contributed by atoms with van der Waals surface area (Å²) in [6.45, 7) is 2.60. The van der Waals surface area contributed by atoms with Gasteiger partial charge < -0.3 is 10.4 Å². The Hall–Kier alpha value is -3.64.